The molecule has 0 aromatic heterocycles. The largest absolute Gasteiger partial charge is 0.456 e. The van der Waals surface area contributed by atoms with E-state index in [1.165, 1.54) is 26.9 Å². The Morgan fingerprint density at radius 2 is 0.468 bits per heavy atom. The first kappa shape index (κ1) is 72.4. The second-order valence-corrected chi connectivity index (χ2v) is 46.1. The molecule has 126 heavy (non-hydrogen) atoms. The molecule has 6 aliphatic rings. The first-order valence-electron chi connectivity index (χ1n) is 42.3. The summed E-state index contributed by atoms with van der Waals surface area (Å²) in [7, 11) is 0. The third kappa shape index (κ3) is 10.5. The van der Waals surface area contributed by atoms with Gasteiger partial charge in [-0.25, -0.2) is 0 Å². The molecule has 0 amide bonds. The van der Waals surface area contributed by atoms with Crippen molar-refractivity contribution >= 4 is 166 Å². The van der Waals surface area contributed by atoms with Crippen molar-refractivity contribution in [1.82, 2.24) is 0 Å². The molecular weight excluding hydrogens is 1650 g/mol. The number of hydrogen-bond acceptors (Lipinski definition) is 9. The summed E-state index contributed by atoms with van der Waals surface area (Å²) in [4.78, 5) is 0. The van der Waals surface area contributed by atoms with Gasteiger partial charge in [-0.2, -0.15) is 0 Å². The van der Waals surface area contributed by atoms with Crippen LogP contribution in [0.2, 0.25) is 0 Å². The summed E-state index contributed by atoms with van der Waals surface area (Å²) in [5.74, 6) is 8.87. The highest BCUT2D eigenvalue weighted by Crippen LogP contribution is 2.66. The first-order chi connectivity index (χ1) is 62.0. The molecule has 0 radical (unpaired) electrons. The van der Waals surface area contributed by atoms with Gasteiger partial charge in [-0.05, 0) is 266 Å². The fraction of sp³-hybridized carbons (Fsp3) is 0. The molecule has 0 spiro atoms. The van der Waals surface area contributed by atoms with Crippen LogP contribution in [0, 0.1) is 0 Å². The zero-order valence-electron chi connectivity index (χ0n) is 67.0. The van der Waals surface area contributed by atoms with E-state index in [1.807, 2.05) is 12.1 Å². The molecule has 590 valence electrons. The molecule has 3 unspecified atom stereocenters. The summed E-state index contributed by atoms with van der Waals surface area (Å²) < 4.78 is 44.0. The van der Waals surface area contributed by atoms with Gasteiger partial charge in [0.2, 0.25) is 0 Å². The van der Waals surface area contributed by atoms with Crippen LogP contribution < -0.4 is 76.2 Å². The zero-order chi connectivity index (χ0) is 83.0. The minimum Gasteiger partial charge on any atom is -0.456 e. The van der Waals surface area contributed by atoms with Crippen LogP contribution in [0.5, 0.6) is 69.0 Å². The summed E-state index contributed by atoms with van der Waals surface area (Å²) in [6.45, 7) is 0. The van der Waals surface area contributed by atoms with Crippen molar-refractivity contribution in [2.45, 2.75) is 0 Å². The highest BCUT2D eigenvalue weighted by atomic mass is 32.4. The van der Waals surface area contributed by atoms with E-state index in [1.54, 1.807) is 0 Å². The fourth-order valence-corrected chi connectivity index (χ4v) is 34.1. The van der Waals surface area contributed by atoms with Crippen molar-refractivity contribution in [3.05, 3.63) is 394 Å². The molecule has 21 aromatic carbocycles. The maximum atomic E-state index is 7.73. The Bertz CT molecular complexity index is 8570. The van der Waals surface area contributed by atoms with Crippen molar-refractivity contribution in [2.75, 3.05) is 0 Å². The second-order valence-electron chi connectivity index (χ2n) is 33.3. The lowest BCUT2D eigenvalue weighted by molar-refractivity contribution is 0.469. The van der Waals surface area contributed by atoms with Gasteiger partial charge in [-0.3, -0.25) is 0 Å². The zero-order valence-corrected chi connectivity index (χ0v) is 72.2. The van der Waals surface area contributed by atoms with Gasteiger partial charge in [-0.15, -0.1) is 0 Å². The normalized spacial score (nSPS) is 16.5. The van der Waals surface area contributed by atoms with Gasteiger partial charge in [0.1, 0.15) is 69.0 Å². The molecule has 0 aliphatic carbocycles. The van der Waals surface area contributed by atoms with Gasteiger partial charge in [0.15, 0.2) is 0 Å². The van der Waals surface area contributed by atoms with Crippen molar-refractivity contribution in [2.24, 2.45) is 0 Å². The molecule has 0 N–H and O–H groups in total. The monoisotopic (exact) mass is 1720 g/mol. The maximum Gasteiger partial charge on any atom is 0.148 e. The van der Waals surface area contributed by atoms with Crippen LogP contribution in [0.15, 0.2) is 394 Å². The van der Waals surface area contributed by atoms with E-state index < -0.39 is 18.1 Å². The van der Waals surface area contributed by atoms with Gasteiger partial charge >= 0.3 is 0 Å². The summed E-state index contributed by atoms with van der Waals surface area (Å²) in [5, 5.41) is 21.9. The molecule has 0 saturated heterocycles. The SMILES string of the molecule is S=P12c3ccc(-c4ccc5c6c(ccc5c4)P4(=S)c5ccc(-c7ccc8c9c(ccc8c7)P7(=S)c8ccccc8Oc8ccc(-c%10cccc(-c%11ccccc%11)c%10)c(c87)O9)cc5Oc5ccc(-c7ccc8c9ccccc9c9ccccc9c8c7)c(c54)O6)cc3Oc3ccc(-c4cc(-c5ccccc5)cc(-c5ccccc5)c4)c(c31)Oc1c2ccc2ccccc12. The Morgan fingerprint density at radius 3 is 0.976 bits per heavy atom. The number of benzene rings is 21. The third-order valence-electron chi connectivity index (χ3n) is 26.5. The molecule has 0 bridgehead atoms. The van der Waals surface area contributed by atoms with E-state index in [0.29, 0.717) is 17.2 Å². The van der Waals surface area contributed by atoms with E-state index >= 15 is 0 Å². The molecule has 0 fully saturated rings. The van der Waals surface area contributed by atoms with Gasteiger partial charge in [-0.1, -0.05) is 284 Å². The first-order valence-corrected chi connectivity index (χ1v) is 50.7. The lowest BCUT2D eigenvalue weighted by Crippen LogP contribution is -2.35. The van der Waals surface area contributed by atoms with E-state index in [-0.39, 0.29) is 0 Å². The topological polar surface area (TPSA) is 55.4 Å². The predicted octanol–water partition coefficient (Wildman–Crippen LogP) is 27.8. The number of hydrogen-bond donors (Lipinski definition) is 0. The summed E-state index contributed by atoms with van der Waals surface area (Å²) in [6.07, 6.45) is 0. The molecule has 12 heteroatoms. The van der Waals surface area contributed by atoms with Crippen molar-refractivity contribution in [3.63, 3.8) is 0 Å². The Morgan fingerprint density at radius 1 is 0.151 bits per heavy atom. The number of ether oxygens (including phenoxy) is 6. The van der Waals surface area contributed by atoms with Crippen LogP contribution in [0.25, 0.3) is 154 Å². The number of para-hydroxylation sites is 1. The van der Waals surface area contributed by atoms with Gasteiger partial charge < -0.3 is 28.4 Å². The van der Waals surface area contributed by atoms with Crippen LogP contribution in [-0.2, 0) is 35.4 Å². The lowest BCUT2D eigenvalue weighted by Gasteiger charge is -2.39. The Kier molecular flexibility index (Phi) is 15.6. The highest BCUT2D eigenvalue weighted by molar-refractivity contribution is 8.27. The van der Waals surface area contributed by atoms with Gasteiger partial charge in [0.05, 0.1) is 34.0 Å². The molecule has 0 saturated carbocycles. The number of rotatable bonds is 8. The van der Waals surface area contributed by atoms with E-state index in [2.05, 4.69) is 382 Å². The highest BCUT2D eigenvalue weighted by Gasteiger charge is 2.49. The molecule has 3 atom stereocenters. The van der Waals surface area contributed by atoms with Crippen molar-refractivity contribution in [3.8, 4) is 158 Å². The van der Waals surface area contributed by atoms with Crippen LogP contribution in [0.4, 0.5) is 0 Å². The Balaban J connectivity index is 0.586. The fourth-order valence-electron chi connectivity index (χ4n) is 20.6. The standard InChI is InChI=1S/C114H65O6P3S3/c124-121-100-34-17-16-33-94(100)115-95-49-46-85(75-27-18-26-70(57-75)66-19-4-1-5-20-66)109(112(95)121)119-107-83-43-35-71(58-76(83)41-55-104(107)121)74-40-53-102-99(65-74)116-96-50-47-86(78-37-45-92-90-31-13-12-29-88(90)89-30-14-15-32-91(89)93(92)63-78)110-113(96)123(102,126)105-56-42-77-59-72(36-44-84(77)108(105)120-110)73-39-52-101-98(64-73)117-97-51-48-87(111-114(97)122(101,125)103-54-38-69-25-10-11-28-82(69)106(103)118-111)81-61-79(67-21-6-2-7-22-67)60-80(62-81)68-23-8-3-9-24-68/h1-65H. The lowest BCUT2D eigenvalue weighted by atomic mass is 9.92. The molecule has 6 heterocycles. The van der Waals surface area contributed by atoms with Crippen LogP contribution in [0.1, 0.15) is 0 Å². The van der Waals surface area contributed by atoms with Crippen molar-refractivity contribution in [1.29, 1.82) is 0 Å². The van der Waals surface area contributed by atoms with Gasteiger partial charge in [0, 0.05) is 64.7 Å². The smallest absolute Gasteiger partial charge is 0.148 e. The summed E-state index contributed by atoms with van der Waals surface area (Å²) in [6, 6.07) is 132. The minimum absolute atomic E-state index is 0.689. The average Bonchev–Trinajstić information content (AvgIpc) is 0.697. The second kappa shape index (κ2) is 27.2. The molecule has 6 aliphatic heterocycles. The molecule has 6 nitrogen and oxygen atoms in total. The molecule has 21 aromatic rings. The van der Waals surface area contributed by atoms with Gasteiger partial charge in [0.25, 0.3) is 0 Å². The van der Waals surface area contributed by atoms with Crippen molar-refractivity contribution < 1.29 is 28.4 Å². The predicted molar refractivity (Wildman–Crippen MR) is 534 cm³/mol. The summed E-state index contributed by atoms with van der Waals surface area (Å²) in [5.41, 5.74) is 16.6. The van der Waals surface area contributed by atoms with E-state index in [9.17, 15) is 0 Å². The Hall–Kier alpha value is -14.1. The van der Waals surface area contributed by atoms with Crippen LogP contribution in [-0.4, -0.2) is 0 Å². The van der Waals surface area contributed by atoms with E-state index in [4.69, 9.17) is 63.8 Å². The van der Waals surface area contributed by atoms with Crippen LogP contribution in [0.3, 0.4) is 0 Å². The third-order valence-corrected chi connectivity index (χ3v) is 41.1. The molecule has 27 rings (SSSR count). The Labute approximate surface area is 740 Å². The maximum absolute atomic E-state index is 7.73. The minimum atomic E-state index is -3.05. The quantitative estimate of drug-likeness (QED) is 0.109. The van der Waals surface area contributed by atoms with E-state index in [0.717, 1.165) is 226 Å². The van der Waals surface area contributed by atoms with Crippen LogP contribution >= 0.6 is 18.1 Å². The average molecular weight is 1720 g/mol. The molecular formula is C114H65O6P3S3. The summed E-state index contributed by atoms with van der Waals surface area (Å²) >= 11 is 22.3. The number of fused-ring (bicyclic) bond motifs is 24.